The molecule has 1 saturated heterocycles. The smallest absolute Gasteiger partial charge is 0.323 e. The topological polar surface area (TPSA) is 64.3 Å². The number of hydrogen-bond donors (Lipinski definition) is 2. The molecule has 0 spiro atoms. The van der Waals surface area contributed by atoms with Crippen molar-refractivity contribution in [3.63, 3.8) is 0 Å². The maximum Gasteiger partial charge on any atom is 0.323 e. The summed E-state index contributed by atoms with van der Waals surface area (Å²) in [6.07, 6.45) is 1.81. The minimum atomic E-state index is -0.438. The number of ether oxygens (including phenoxy) is 1. The van der Waals surface area contributed by atoms with Crippen LogP contribution >= 0.6 is 0 Å². The van der Waals surface area contributed by atoms with E-state index >= 15 is 0 Å². The molecular weight excluding hydrogens is 252 g/mol. The van der Waals surface area contributed by atoms with Crippen molar-refractivity contribution in [3.05, 3.63) is 29.8 Å². The summed E-state index contributed by atoms with van der Waals surface area (Å²) in [4.78, 5) is 12.1. The third kappa shape index (κ3) is 3.97. The van der Waals surface area contributed by atoms with Gasteiger partial charge in [0.15, 0.2) is 0 Å². The van der Waals surface area contributed by atoms with E-state index in [-0.39, 0.29) is 12.0 Å². The molecule has 1 aliphatic rings. The monoisotopic (exact) mass is 276 g/mol. The first-order valence-electron chi connectivity index (χ1n) is 7.17. The van der Waals surface area contributed by atoms with Gasteiger partial charge in [-0.2, -0.15) is 0 Å². The molecule has 4 nitrogen and oxygen atoms in total. The summed E-state index contributed by atoms with van der Waals surface area (Å²) in [5.74, 6) is 0.229. The SMILES string of the molecule is CC(C)(C)OC(=O)C1CC(c2ccc(N)cc2)CCN1. The Kier molecular flexibility index (Phi) is 4.33. The quantitative estimate of drug-likeness (QED) is 0.643. The Morgan fingerprint density at radius 2 is 1.95 bits per heavy atom. The summed E-state index contributed by atoms with van der Waals surface area (Å²) < 4.78 is 5.46. The van der Waals surface area contributed by atoms with Crippen molar-refractivity contribution in [1.29, 1.82) is 0 Å². The van der Waals surface area contributed by atoms with Crippen LogP contribution in [0, 0.1) is 0 Å². The molecule has 3 N–H and O–H groups in total. The Morgan fingerprint density at radius 3 is 2.55 bits per heavy atom. The molecule has 1 heterocycles. The van der Waals surface area contributed by atoms with Crippen LogP contribution in [0.25, 0.3) is 0 Å². The number of nitrogens with two attached hydrogens (primary N) is 1. The first-order chi connectivity index (χ1) is 9.35. The van der Waals surface area contributed by atoms with Gasteiger partial charge in [0, 0.05) is 5.69 Å². The average molecular weight is 276 g/mol. The molecule has 1 aromatic carbocycles. The molecule has 0 aromatic heterocycles. The molecule has 1 fully saturated rings. The third-order valence-corrected chi connectivity index (χ3v) is 3.50. The highest BCUT2D eigenvalue weighted by molar-refractivity contribution is 5.76. The molecule has 1 aliphatic heterocycles. The Morgan fingerprint density at radius 1 is 1.30 bits per heavy atom. The second kappa shape index (κ2) is 5.83. The van der Waals surface area contributed by atoms with Crippen molar-refractivity contribution in [2.45, 2.75) is 51.2 Å². The van der Waals surface area contributed by atoms with Gasteiger partial charge in [-0.05, 0) is 63.8 Å². The van der Waals surface area contributed by atoms with E-state index in [1.165, 1.54) is 5.56 Å². The molecule has 0 radical (unpaired) electrons. The number of rotatable bonds is 2. The molecule has 2 rings (SSSR count). The number of benzene rings is 1. The van der Waals surface area contributed by atoms with Gasteiger partial charge in [0.2, 0.25) is 0 Å². The highest BCUT2D eigenvalue weighted by Crippen LogP contribution is 2.29. The number of nitrogen functional groups attached to an aromatic ring is 1. The lowest BCUT2D eigenvalue weighted by atomic mass is 9.86. The number of hydrogen-bond acceptors (Lipinski definition) is 4. The number of carbonyl (C=O) groups is 1. The van der Waals surface area contributed by atoms with E-state index in [0.717, 1.165) is 25.1 Å². The van der Waals surface area contributed by atoms with E-state index in [0.29, 0.717) is 5.92 Å². The molecule has 0 amide bonds. The van der Waals surface area contributed by atoms with E-state index < -0.39 is 5.60 Å². The van der Waals surface area contributed by atoms with E-state index in [9.17, 15) is 4.79 Å². The first kappa shape index (κ1) is 14.9. The second-order valence-corrected chi connectivity index (χ2v) is 6.43. The predicted octanol–water partition coefficient (Wildman–Crippen LogP) is 2.45. The largest absolute Gasteiger partial charge is 0.459 e. The lowest BCUT2D eigenvalue weighted by molar-refractivity contribution is -0.158. The lowest BCUT2D eigenvalue weighted by Crippen LogP contribution is -2.45. The van der Waals surface area contributed by atoms with Crippen molar-refractivity contribution in [3.8, 4) is 0 Å². The summed E-state index contributed by atoms with van der Waals surface area (Å²) in [6, 6.07) is 7.72. The van der Waals surface area contributed by atoms with Crippen LogP contribution in [-0.2, 0) is 9.53 Å². The zero-order valence-corrected chi connectivity index (χ0v) is 12.5. The van der Waals surface area contributed by atoms with Crippen LogP contribution in [0.5, 0.6) is 0 Å². The molecule has 1 aromatic rings. The molecule has 2 unspecified atom stereocenters. The van der Waals surface area contributed by atoms with E-state index in [4.69, 9.17) is 10.5 Å². The fraction of sp³-hybridized carbons (Fsp3) is 0.562. The number of piperidine rings is 1. The fourth-order valence-corrected chi connectivity index (χ4v) is 2.54. The van der Waals surface area contributed by atoms with Crippen molar-refractivity contribution in [1.82, 2.24) is 5.32 Å². The van der Waals surface area contributed by atoms with Crippen LogP contribution in [0.15, 0.2) is 24.3 Å². The zero-order chi connectivity index (χ0) is 14.8. The number of esters is 1. The van der Waals surface area contributed by atoms with Gasteiger partial charge >= 0.3 is 5.97 Å². The van der Waals surface area contributed by atoms with Gasteiger partial charge < -0.3 is 15.8 Å². The number of nitrogens with one attached hydrogen (secondary N) is 1. The third-order valence-electron chi connectivity index (χ3n) is 3.50. The predicted molar refractivity (Wildman–Crippen MR) is 80.5 cm³/mol. The van der Waals surface area contributed by atoms with Crippen LogP contribution < -0.4 is 11.1 Å². The van der Waals surface area contributed by atoms with E-state index in [2.05, 4.69) is 17.4 Å². The minimum absolute atomic E-state index is 0.155. The highest BCUT2D eigenvalue weighted by Gasteiger charge is 2.30. The Hall–Kier alpha value is -1.55. The average Bonchev–Trinajstić information content (AvgIpc) is 2.38. The van der Waals surface area contributed by atoms with Gasteiger partial charge in [0.05, 0.1) is 0 Å². The Labute approximate surface area is 120 Å². The van der Waals surface area contributed by atoms with Crippen molar-refractivity contribution >= 4 is 11.7 Å². The van der Waals surface area contributed by atoms with Gasteiger partial charge in [0.1, 0.15) is 11.6 Å². The van der Waals surface area contributed by atoms with Crippen molar-refractivity contribution in [2.24, 2.45) is 0 Å². The molecule has 0 bridgehead atoms. The second-order valence-electron chi connectivity index (χ2n) is 6.43. The molecule has 0 saturated carbocycles. The van der Waals surface area contributed by atoms with Crippen LogP contribution in [0.4, 0.5) is 5.69 Å². The summed E-state index contributed by atoms with van der Waals surface area (Å²) in [6.45, 7) is 6.51. The molecule has 4 heteroatoms. The fourth-order valence-electron chi connectivity index (χ4n) is 2.54. The zero-order valence-electron chi connectivity index (χ0n) is 12.5. The summed E-state index contributed by atoms with van der Waals surface area (Å²) in [7, 11) is 0. The van der Waals surface area contributed by atoms with E-state index in [1.54, 1.807) is 0 Å². The standard InChI is InChI=1S/C16H24N2O2/c1-16(2,3)20-15(19)14-10-12(8-9-18-14)11-4-6-13(17)7-5-11/h4-7,12,14,18H,8-10,17H2,1-3H3. The van der Waals surface area contributed by atoms with Gasteiger partial charge in [-0.15, -0.1) is 0 Å². The molecular formula is C16H24N2O2. The first-order valence-corrected chi connectivity index (χ1v) is 7.17. The summed E-state index contributed by atoms with van der Waals surface area (Å²) >= 11 is 0. The number of carbonyl (C=O) groups excluding carboxylic acids is 1. The summed E-state index contributed by atoms with van der Waals surface area (Å²) in [5.41, 5.74) is 7.29. The van der Waals surface area contributed by atoms with Crippen LogP contribution in [-0.4, -0.2) is 24.2 Å². The highest BCUT2D eigenvalue weighted by atomic mass is 16.6. The molecule has 0 aliphatic carbocycles. The minimum Gasteiger partial charge on any atom is -0.459 e. The Bertz CT molecular complexity index is 462. The van der Waals surface area contributed by atoms with Gasteiger partial charge in [-0.25, -0.2) is 0 Å². The van der Waals surface area contributed by atoms with Gasteiger partial charge in [0.25, 0.3) is 0 Å². The van der Waals surface area contributed by atoms with E-state index in [1.807, 2.05) is 32.9 Å². The van der Waals surface area contributed by atoms with Gasteiger partial charge in [-0.3, -0.25) is 4.79 Å². The van der Waals surface area contributed by atoms with Crippen LogP contribution in [0.1, 0.15) is 45.1 Å². The Balaban J connectivity index is 2.01. The molecule has 2 atom stereocenters. The normalized spacial score (nSPS) is 23.4. The van der Waals surface area contributed by atoms with Crippen molar-refractivity contribution < 1.29 is 9.53 Å². The van der Waals surface area contributed by atoms with Crippen LogP contribution in [0.2, 0.25) is 0 Å². The number of anilines is 1. The maximum absolute atomic E-state index is 12.1. The molecule has 20 heavy (non-hydrogen) atoms. The van der Waals surface area contributed by atoms with Gasteiger partial charge in [-0.1, -0.05) is 12.1 Å². The van der Waals surface area contributed by atoms with Crippen molar-refractivity contribution in [2.75, 3.05) is 12.3 Å². The lowest BCUT2D eigenvalue weighted by Gasteiger charge is -2.31. The maximum atomic E-state index is 12.1. The summed E-state index contributed by atoms with van der Waals surface area (Å²) in [5, 5.41) is 3.25. The van der Waals surface area contributed by atoms with Crippen LogP contribution in [0.3, 0.4) is 0 Å². The molecule has 110 valence electrons.